The van der Waals surface area contributed by atoms with Crippen LogP contribution in [0.2, 0.25) is 5.02 Å². The maximum atomic E-state index is 13.2. The normalized spacial score (nSPS) is 25.2. The number of ether oxygens (including phenoxy) is 1. The molecular weight excluding hydrogens is 370 g/mol. The van der Waals surface area contributed by atoms with Gasteiger partial charge in [0.2, 0.25) is 0 Å². The van der Waals surface area contributed by atoms with Gasteiger partial charge in [-0.2, -0.15) is 0 Å². The zero-order chi connectivity index (χ0) is 18.9. The van der Waals surface area contributed by atoms with E-state index < -0.39 is 20.6 Å². The molecule has 6 heteroatoms. The Morgan fingerprint density at radius 1 is 1.08 bits per heavy atom. The number of nitrogens with two attached hydrogens (primary N) is 1. The highest BCUT2D eigenvalue weighted by atomic mass is 35.5. The fourth-order valence-corrected chi connectivity index (χ4v) is 5.98. The molecule has 1 saturated carbocycles. The largest absolute Gasteiger partial charge is 0.380 e. The summed E-state index contributed by atoms with van der Waals surface area (Å²) in [7, 11) is -3.60. The summed E-state index contributed by atoms with van der Waals surface area (Å²) in [4.78, 5) is 0.242. The van der Waals surface area contributed by atoms with Crippen LogP contribution in [-0.2, 0) is 21.0 Å². The van der Waals surface area contributed by atoms with Gasteiger partial charge in [0.05, 0.1) is 22.3 Å². The lowest BCUT2D eigenvalue weighted by molar-refractivity contribution is 0.125. The average Bonchev–Trinajstić information content (AvgIpc) is 3.27. The molecule has 3 atom stereocenters. The van der Waals surface area contributed by atoms with Gasteiger partial charge in [0.25, 0.3) is 0 Å². The molecule has 0 aromatic heterocycles. The van der Waals surface area contributed by atoms with Gasteiger partial charge in [-0.25, -0.2) is 8.42 Å². The minimum Gasteiger partial charge on any atom is -0.380 e. The van der Waals surface area contributed by atoms with Crippen molar-refractivity contribution >= 4 is 21.4 Å². The highest BCUT2D eigenvalue weighted by molar-refractivity contribution is 7.92. The van der Waals surface area contributed by atoms with Crippen LogP contribution >= 0.6 is 11.6 Å². The van der Waals surface area contributed by atoms with Crippen LogP contribution in [0.3, 0.4) is 0 Å². The Hall–Kier alpha value is -1.40. The summed E-state index contributed by atoms with van der Waals surface area (Å²) in [5, 5.41) is -0.213. The Bertz CT molecular complexity index is 865. The summed E-state index contributed by atoms with van der Waals surface area (Å²) in [6.45, 7) is 4.66. The van der Waals surface area contributed by atoms with Gasteiger partial charge in [-0.15, -0.1) is 0 Å². The van der Waals surface area contributed by atoms with Crippen LogP contribution in [-0.4, -0.2) is 32.4 Å². The van der Waals surface area contributed by atoms with Crippen LogP contribution in [0.25, 0.3) is 0 Å². The molecule has 1 fully saturated rings. The third kappa shape index (κ3) is 3.41. The van der Waals surface area contributed by atoms with Crippen LogP contribution in [0, 0.1) is 0 Å². The van der Waals surface area contributed by atoms with E-state index in [1.807, 2.05) is 31.2 Å². The molecule has 0 saturated heterocycles. The van der Waals surface area contributed by atoms with Gasteiger partial charge < -0.3 is 10.5 Å². The number of halogens is 1. The molecule has 0 unspecified atom stereocenters. The molecule has 4 nitrogen and oxygen atoms in total. The van der Waals surface area contributed by atoms with Gasteiger partial charge in [-0.1, -0.05) is 42.8 Å². The Morgan fingerprint density at radius 2 is 1.69 bits per heavy atom. The summed E-state index contributed by atoms with van der Waals surface area (Å²) in [5.41, 5.74) is 7.76. The number of benzene rings is 2. The molecule has 2 N–H and O–H groups in total. The molecule has 3 rings (SSSR count). The van der Waals surface area contributed by atoms with Crippen molar-refractivity contribution in [3.63, 3.8) is 0 Å². The van der Waals surface area contributed by atoms with Gasteiger partial charge >= 0.3 is 0 Å². The van der Waals surface area contributed by atoms with Crippen LogP contribution in [0.4, 0.5) is 0 Å². The van der Waals surface area contributed by atoms with Crippen molar-refractivity contribution in [3.05, 3.63) is 64.7 Å². The van der Waals surface area contributed by atoms with Gasteiger partial charge in [-0.3, -0.25) is 0 Å². The van der Waals surface area contributed by atoms with Crippen molar-refractivity contribution in [1.82, 2.24) is 0 Å². The summed E-state index contributed by atoms with van der Waals surface area (Å²) in [6, 6.07) is 14.3. The monoisotopic (exact) mass is 393 g/mol. The molecule has 0 radical (unpaired) electrons. The Labute approximate surface area is 160 Å². The molecule has 0 spiro atoms. The highest BCUT2D eigenvalue weighted by Gasteiger charge is 2.69. The van der Waals surface area contributed by atoms with E-state index in [2.05, 4.69) is 6.92 Å². The van der Waals surface area contributed by atoms with Gasteiger partial charge in [0.15, 0.2) is 9.84 Å². The second kappa shape index (κ2) is 7.31. The maximum Gasteiger partial charge on any atom is 0.183 e. The molecule has 0 heterocycles. The van der Waals surface area contributed by atoms with E-state index in [1.54, 1.807) is 12.1 Å². The standard InChI is InChI=1S/C20H24ClNO3S/c1-3-14-5-7-15(8-6-14)18-19(20(18,22)13-25-4-2)26(23,24)17-11-9-16(21)10-12-17/h5-12,18-19H,3-4,13,22H2,1-2H3/t18-,19+,20+/m1/s1. The van der Waals surface area contributed by atoms with Crippen molar-refractivity contribution in [2.75, 3.05) is 13.2 Å². The van der Waals surface area contributed by atoms with Gasteiger partial charge in [-0.05, 0) is 48.7 Å². The first-order chi connectivity index (χ1) is 12.3. The molecule has 0 amide bonds. The summed E-state index contributed by atoms with van der Waals surface area (Å²) in [5.74, 6) is -0.291. The second-order valence-corrected chi connectivity index (χ2v) is 9.25. The molecule has 26 heavy (non-hydrogen) atoms. The van der Waals surface area contributed by atoms with E-state index in [1.165, 1.54) is 17.7 Å². The first-order valence-electron chi connectivity index (χ1n) is 8.79. The number of rotatable bonds is 7. The first kappa shape index (κ1) is 19.4. The third-order valence-corrected chi connectivity index (χ3v) is 7.64. The van der Waals surface area contributed by atoms with Crippen LogP contribution in [0.1, 0.15) is 30.9 Å². The molecule has 1 aliphatic rings. The number of aryl methyl sites for hydroxylation is 1. The lowest BCUT2D eigenvalue weighted by Gasteiger charge is -2.12. The maximum absolute atomic E-state index is 13.2. The lowest BCUT2D eigenvalue weighted by Crippen LogP contribution is -2.36. The highest BCUT2D eigenvalue weighted by Crippen LogP contribution is 2.55. The van der Waals surface area contributed by atoms with Crippen molar-refractivity contribution in [3.8, 4) is 0 Å². The Morgan fingerprint density at radius 3 is 2.23 bits per heavy atom. The summed E-state index contributed by atoms with van der Waals surface area (Å²) >= 11 is 5.90. The zero-order valence-corrected chi connectivity index (χ0v) is 16.6. The van der Waals surface area contributed by atoms with E-state index in [0.717, 1.165) is 12.0 Å². The van der Waals surface area contributed by atoms with Gasteiger partial charge in [0.1, 0.15) is 0 Å². The van der Waals surface area contributed by atoms with E-state index in [4.69, 9.17) is 22.1 Å². The molecule has 140 valence electrons. The number of hydrogen-bond donors (Lipinski definition) is 1. The molecular formula is C20H24ClNO3S. The average molecular weight is 394 g/mol. The van der Waals surface area contributed by atoms with E-state index >= 15 is 0 Å². The molecule has 1 aliphatic carbocycles. The predicted octanol–water partition coefficient (Wildman–Crippen LogP) is 3.58. The summed E-state index contributed by atoms with van der Waals surface area (Å²) in [6.07, 6.45) is 0.935. The van der Waals surface area contributed by atoms with Crippen molar-refractivity contribution in [2.24, 2.45) is 5.73 Å². The second-order valence-electron chi connectivity index (χ2n) is 6.74. The van der Waals surface area contributed by atoms with E-state index in [0.29, 0.717) is 11.6 Å². The fraction of sp³-hybridized carbons (Fsp3) is 0.400. The van der Waals surface area contributed by atoms with E-state index in [-0.39, 0.29) is 17.4 Å². The number of hydrogen-bond acceptors (Lipinski definition) is 4. The Balaban J connectivity index is 1.97. The smallest absolute Gasteiger partial charge is 0.183 e. The van der Waals surface area contributed by atoms with Crippen LogP contribution in [0.5, 0.6) is 0 Å². The molecule has 2 aromatic carbocycles. The number of sulfone groups is 1. The minimum atomic E-state index is -3.60. The predicted molar refractivity (Wildman–Crippen MR) is 104 cm³/mol. The van der Waals surface area contributed by atoms with Crippen molar-refractivity contribution in [2.45, 2.75) is 41.9 Å². The van der Waals surface area contributed by atoms with Crippen molar-refractivity contribution in [1.29, 1.82) is 0 Å². The zero-order valence-electron chi connectivity index (χ0n) is 15.0. The van der Waals surface area contributed by atoms with Gasteiger partial charge in [0, 0.05) is 17.5 Å². The lowest BCUT2D eigenvalue weighted by atomic mass is 10.0. The Kier molecular flexibility index (Phi) is 5.45. The van der Waals surface area contributed by atoms with E-state index in [9.17, 15) is 8.42 Å². The SMILES string of the molecule is CCOC[C@]1(N)[C@H](c2ccc(CC)cc2)[C@@H]1S(=O)(=O)c1ccc(Cl)cc1. The molecule has 0 aliphatic heterocycles. The fourth-order valence-electron chi connectivity index (χ4n) is 3.56. The van der Waals surface area contributed by atoms with Crippen molar-refractivity contribution < 1.29 is 13.2 Å². The summed E-state index contributed by atoms with van der Waals surface area (Å²) < 4.78 is 32.0. The molecule has 2 aromatic rings. The molecule has 0 bridgehead atoms. The third-order valence-electron chi connectivity index (χ3n) is 5.08. The van der Waals surface area contributed by atoms with Crippen LogP contribution < -0.4 is 5.73 Å². The minimum absolute atomic E-state index is 0.210. The van der Waals surface area contributed by atoms with Crippen LogP contribution in [0.15, 0.2) is 53.4 Å². The first-order valence-corrected chi connectivity index (χ1v) is 10.7. The topological polar surface area (TPSA) is 69.4 Å². The quantitative estimate of drug-likeness (QED) is 0.780.